The lowest BCUT2D eigenvalue weighted by molar-refractivity contribution is -0.379. The Morgan fingerprint density at radius 2 is 0.680 bits per heavy atom. The minimum Gasteiger partial charge on any atom is -0.394 e. The summed E-state index contributed by atoms with van der Waals surface area (Å²) in [7, 11) is 0. The monoisotopic (exact) mass is 1450 g/mol. The van der Waals surface area contributed by atoms with Crippen molar-refractivity contribution in [3.05, 3.63) is 158 Å². The molecule has 586 valence electrons. The molecular formula is C84H137NO18. The number of allylic oxidation sites excluding steroid dienone is 25. The summed E-state index contributed by atoms with van der Waals surface area (Å²) in [5, 5.41) is 121. The molecule has 19 heteroatoms. The summed E-state index contributed by atoms with van der Waals surface area (Å²) in [5.41, 5.74) is 0. The molecule has 19 nitrogen and oxygen atoms in total. The van der Waals surface area contributed by atoms with Crippen LogP contribution in [0.1, 0.15) is 232 Å². The van der Waals surface area contributed by atoms with Crippen molar-refractivity contribution in [2.24, 2.45) is 0 Å². The minimum absolute atomic E-state index is 0.204. The van der Waals surface area contributed by atoms with Crippen LogP contribution in [0.3, 0.4) is 0 Å². The number of unbranched alkanes of at least 4 members (excludes halogenated alkanes) is 19. The Kier molecular flexibility index (Phi) is 56.2. The van der Waals surface area contributed by atoms with Crippen LogP contribution in [0, 0.1) is 0 Å². The van der Waals surface area contributed by atoms with Gasteiger partial charge in [0.1, 0.15) is 73.2 Å². The van der Waals surface area contributed by atoms with Crippen molar-refractivity contribution in [3.63, 3.8) is 0 Å². The Labute approximate surface area is 618 Å². The molecule has 3 rings (SSSR count). The standard InChI is InChI=1S/C84H137NO18/c1-3-5-7-9-11-13-15-17-19-21-23-25-26-27-28-29-30-31-32-33-34-35-36-37-38-39-40-42-44-46-48-50-52-54-56-58-60-62-72(90)85-67(68(89)61-59-57-55-53-51-49-47-45-43-41-24-22-20-18-16-14-12-10-8-6-4-2)66-98-82-78(96)75(93)80(70(64-87)100-82)103-84-79(97)76(94)81(71(65-88)101-84)102-83-77(95)74(92)73(91)69(63-86)99-83/h5,7,11,13,17,19,23,25,27-28,30-31,33-34,36-37,39-40,43-46,51,53,59,61,67-71,73-84,86-89,91-97H,3-4,6,8-10,12,14-16,18,20-22,24,26,29,32,35,38,41-42,47-50,52,54-58,60,62-66H2,1-2H3,(H,85,90)/b7-5-,13-11-,19-17-,25-23-,28-27-,31-30-,34-33-,37-36-,40-39-,45-43+,46-44-,53-51+,61-59+. The smallest absolute Gasteiger partial charge is 0.220 e. The normalized spacial score (nSPS) is 26.9. The van der Waals surface area contributed by atoms with Gasteiger partial charge in [-0.25, -0.2) is 0 Å². The Balaban J connectivity index is 1.40. The first-order valence-corrected chi connectivity index (χ1v) is 39.2. The molecule has 3 heterocycles. The maximum atomic E-state index is 13.5. The quantitative estimate of drug-likeness (QED) is 0.0199. The maximum absolute atomic E-state index is 13.5. The van der Waals surface area contributed by atoms with Crippen LogP contribution in [0.4, 0.5) is 0 Å². The van der Waals surface area contributed by atoms with E-state index in [-0.39, 0.29) is 18.9 Å². The van der Waals surface area contributed by atoms with Crippen LogP contribution in [0.15, 0.2) is 158 Å². The number of amides is 1. The predicted octanol–water partition coefficient (Wildman–Crippen LogP) is 12.8. The lowest BCUT2D eigenvalue weighted by Crippen LogP contribution is -2.66. The van der Waals surface area contributed by atoms with Gasteiger partial charge in [-0.2, -0.15) is 0 Å². The maximum Gasteiger partial charge on any atom is 0.220 e. The lowest BCUT2D eigenvalue weighted by atomic mass is 9.96. The summed E-state index contributed by atoms with van der Waals surface area (Å²) in [6, 6.07) is -1.02. The molecule has 0 saturated carbocycles. The van der Waals surface area contributed by atoms with E-state index in [0.29, 0.717) is 12.8 Å². The molecule has 3 aliphatic rings. The van der Waals surface area contributed by atoms with Crippen LogP contribution in [0.5, 0.6) is 0 Å². The van der Waals surface area contributed by atoms with E-state index in [2.05, 4.69) is 165 Å². The van der Waals surface area contributed by atoms with Crippen molar-refractivity contribution in [2.75, 3.05) is 26.4 Å². The number of ether oxygens (including phenoxy) is 6. The fraction of sp³-hybridized carbons (Fsp3) is 0.679. The Morgan fingerprint density at radius 3 is 1.09 bits per heavy atom. The van der Waals surface area contributed by atoms with E-state index in [1.165, 1.54) is 70.6 Å². The van der Waals surface area contributed by atoms with E-state index >= 15 is 0 Å². The molecule has 17 unspecified atom stereocenters. The summed E-state index contributed by atoms with van der Waals surface area (Å²) < 4.78 is 34.4. The topological polar surface area (TPSA) is 307 Å². The van der Waals surface area contributed by atoms with Gasteiger partial charge in [-0.15, -0.1) is 0 Å². The van der Waals surface area contributed by atoms with Gasteiger partial charge >= 0.3 is 0 Å². The van der Waals surface area contributed by atoms with Crippen molar-refractivity contribution >= 4 is 5.91 Å². The highest BCUT2D eigenvalue weighted by Crippen LogP contribution is 2.33. The van der Waals surface area contributed by atoms with Crippen molar-refractivity contribution in [1.82, 2.24) is 5.32 Å². The summed E-state index contributed by atoms with van der Waals surface area (Å²) in [4.78, 5) is 13.5. The van der Waals surface area contributed by atoms with Gasteiger partial charge in [-0.3, -0.25) is 4.79 Å². The van der Waals surface area contributed by atoms with Crippen LogP contribution in [0.25, 0.3) is 0 Å². The van der Waals surface area contributed by atoms with E-state index in [4.69, 9.17) is 28.4 Å². The second kappa shape index (κ2) is 62.4. The lowest BCUT2D eigenvalue weighted by Gasteiger charge is -2.48. The average Bonchev–Trinajstić information content (AvgIpc) is 0.781. The number of nitrogens with one attached hydrogen (secondary N) is 1. The zero-order chi connectivity index (χ0) is 74.6. The van der Waals surface area contributed by atoms with Crippen molar-refractivity contribution < 1.29 is 89.4 Å². The summed E-state index contributed by atoms with van der Waals surface area (Å²) >= 11 is 0. The van der Waals surface area contributed by atoms with Gasteiger partial charge in [-0.05, 0) is 122 Å². The molecule has 12 N–H and O–H groups in total. The molecule has 0 radical (unpaired) electrons. The third-order valence-corrected chi connectivity index (χ3v) is 18.3. The molecule has 0 bridgehead atoms. The first-order chi connectivity index (χ1) is 50.3. The molecule has 0 aromatic rings. The highest BCUT2D eigenvalue weighted by atomic mass is 16.8. The van der Waals surface area contributed by atoms with Gasteiger partial charge in [0.25, 0.3) is 0 Å². The molecular weight excluding hydrogens is 1310 g/mol. The summed E-state index contributed by atoms with van der Waals surface area (Å²) in [5.74, 6) is -0.310. The number of hydrogen-bond acceptors (Lipinski definition) is 18. The van der Waals surface area contributed by atoms with Crippen LogP contribution < -0.4 is 5.32 Å². The first kappa shape index (κ1) is 92.6. The molecule has 3 fully saturated rings. The van der Waals surface area contributed by atoms with Crippen LogP contribution in [-0.4, -0.2) is 193 Å². The number of carbonyl (C=O) groups excluding carboxylic acids is 1. The summed E-state index contributed by atoms with van der Waals surface area (Å²) in [6.45, 7) is 1.57. The van der Waals surface area contributed by atoms with Gasteiger partial charge in [0.2, 0.25) is 5.91 Å². The fourth-order valence-electron chi connectivity index (χ4n) is 12.0. The zero-order valence-corrected chi connectivity index (χ0v) is 62.5. The van der Waals surface area contributed by atoms with Crippen LogP contribution in [0.2, 0.25) is 0 Å². The Hall–Kier alpha value is -4.59. The molecule has 0 spiro atoms. The number of carbonyl (C=O) groups is 1. The fourth-order valence-corrected chi connectivity index (χ4v) is 12.0. The van der Waals surface area contributed by atoms with Gasteiger partial charge in [-0.1, -0.05) is 262 Å². The van der Waals surface area contributed by atoms with Crippen molar-refractivity contribution in [1.29, 1.82) is 0 Å². The van der Waals surface area contributed by atoms with Crippen LogP contribution >= 0.6 is 0 Å². The second-order valence-corrected chi connectivity index (χ2v) is 27.1. The Bertz CT molecular complexity index is 2480. The summed E-state index contributed by atoms with van der Waals surface area (Å²) in [6.07, 6.45) is 65.0. The highest BCUT2D eigenvalue weighted by molar-refractivity contribution is 5.76. The van der Waals surface area contributed by atoms with Gasteiger partial charge in [0.15, 0.2) is 18.9 Å². The van der Waals surface area contributed by atoms with Crippen molar-refractivity contribution in [3.8, 4) is 0 Å². The van der Waals surface area contributed by atoms with E-state index in [9.17, 15) is 61.0 Å². The molecule has 1 amide bonds. The van der Waals surface area contributed by atoms with E-state index in [1.807, 2.05) is 6.08 Å². The largest absolute Gasteiger partial charge is 0.394 e. The van der Waals surface area contributed by atoms with Crippen molar-refractivity contribution in [2.45, 2.75) is 336 Å². The second-order valence-electron chi connectivity index (χ2n) is 27.1. The predicted molar refractivity (Wildman–Crippen MR) is 410 cm³/mol. The molecule has 3 saturated heterocycles. The minimum atomic E-state index is -1.99. The van der Waals surface area contributed by atoms with Gasteiger partial charge in [0.05, 0.1) is 38.6 Å². The van der Waals surface area contributed by atoms with E-state index in [1.54, 1.807) is 6.08 Å². The van der Waals surface area contributed by atoms with Gasteiger partial charge in [0, 0.05) is 6.42 Å². The molecule has 0 aromatic heterocycles. The SMILES string of the molecule is CC/C=C\C/C=C\C/C=C\C/C=C\C/C=C\C/C=C\C/C=C\C/C=C\C/C=C\C/C=C\CCCCCCCCC(=O)NC(COC1OC(CO)C(OC2OC(CO)C(OC3OC(CO)C(O)C(O)C3O)C(O)C2O)C(O)C1O)C(O)/C=C/CC/C=C/CC/C=C/CCCCCCCCCCCCC. The molecule has 0 aromatic carbocycles. The number of rotatable bonds is 59. The third kappa shape index (κ3) is 42.5. The molecule has 17 atom stereocenters. The zero-order valence-electron chi connectivity index (χ0n) is 62.5. The van der Waals surface area contributed by atoms with E-state index in [0.717, 1.165) is 128 Å². The molecule has 3 aliphatic heterocycles. The van der Waals surface area contributed by atoms with E-state index < -0.39 is 124 Å². The first-order valence-electron chi connectivity index (χ1n) is 39.2. The molecule has 103 heavy (non-hydrogen) atoms. The number of aliphatic hydroxyl groups excluding tert-OH is 11. The van der Waals surface area contributed by atoms with Crippen LogP contribution in [-0.2, 0) is 33.2 Å². The highest BCUT2D eigenvalue weighted by Gasteiger charge is 2.53. The average molecular weight is 1450 g/mol. The number of hydrogen-bond donors (Lipinski definition) is 12. The third-order valence-electron chi connectivity index (χ3n) is 18.3. The Morgan fingerprint density at radius 1 is 0.359 bits per heavy atom. The molecule has 0 aliphatic carbocycles. The van der Waals surface area contributed by atoms with Gasteiger partial charge < -0.3 is 89.9 Å². The number of aliphatic hydroxyl groups is 11.